The highest BCUT2D eigenvalue weighted by Crippen LogP contribution is 2.24. The molecule has 0 saturated heterocycles. The summed E-state index contributed by atoms with van der Waals surface area (Å²) in [6.45, 7) is 0.363. The van der Waals surface area contributed by atoms with Gasteiger partial charge in [0.1, 0.15) is 5.82 Å². The number of rotatable bonds is 3. The van der Waals surface area contributed by atoms with Gasteiger partial charge in [0.2, 0.25) is 0 Å². The molecule has 2 aromatic rings. The van der Waals surface area contributed by atoms with Crippen molar-refractivity contribution in [2.24, 2.45) is 10.7 Å². The SMILES string of the molecule is I.NC(=NCc1cccc(F)c1)Nc1ccc2c(c1)CCC2. The summed E-state index contributed by atoms with van der Waals surface area (Å²) in [4.78, 5) is 4.24. The van der Waals surface area contributed by atoms with Gasteiger partial charge in [-0.25, -0.2) is 9.38 Å². The first-order chi connectivity index (χ1) is 10.2. The number of nitrogens with zero attached hydrogens (tertiary/aromatic N) is 1. The number of anilines is 1. The predicted octanol–water partition coefficient (Wildman–Crippen LogP) is 3.86. The van der Waals surface area contributed by atoms with E-state index in [0.717, 1.165) is 17.7 Å². The molecule has 116 valence electrons. The second-order valence-electron chi connectivity index (χ2n) is 5.29. The fourth-order valence-electron chi connectivity index (χ4n) is 2.65. The first-order valence-electron chi connectivity index (χ1n) is 7.14. The van der Waals surface area contributed by atoms with E-state index >= 15 is 0 Å². The van der Waals surface area contributed by atoms with Crippen LogP contribution in [0, 0.1) is 5.82 Å². The van der Waals surface area contributed by atoms with Crippen molar-refractivity contribution in [3.63, 3.8) is 0 Å². The number of halogens is 2. The molecule has 1 aliphatic rings. The Balaban J connectivity index is 0.00000176. The lowest BCUT2D eigenvalue weighted by Gasteiger charge is -2.08. The summed E-state index contributed by atoms with van der Waals surface area (Å²) < 4.78 is 13.1. The number of fused-ring (bicyclic) bond motifs is 1. The molecule has 0 unspecified atom stereocenters. The molecule has 0 spiro atoms. The Morgan fingerprint density at radius 1 is 1.14 bits per heavy atom. The quantitative estimate of drug-likeness (QED) is 0.458. The third kappa shape index (κ3) is 4.19. The average molecular weight is 411 g/mol. The molecule has 0 aliphatic heterocycles. The number of nitrogens with one attached hydrogen (secondary N) is 1. The lowest BCUT2D eigenvalue weighted by Crippen LogP contribution is -2.22. The molecule has 0 saturated carbocycles. The predicted molar refractivity (Wildman–Crippen MR) is 99.2 cm³/mol. The van der Waals surface area contributed by atoms with Gasteiger partial charge in [0.25, 0.3) is 0 Å². The van der Waals surface area contributed by atoms with E-state index in [1.807, 2.05) is 12.1 Å². The molecule has 5 heteroatoms. The van der Waals surface area contributed by atoms with Crippen molar-refractivity contribution in [2.45, 2.75) is 25.8 Å². The zero-order chi connectivity index (χ0) is 14.7. The Hall–Kier alpha value is -1.63. The third-order valence-electron chi connectivity index (χ3n) is 3.69. The van der Waals surface area contributed by atoms with Gasteiger partial charge < -0.3 is 11.1 Å². The van der Waals surface area contributed by atoms with Gasteiger partial charge in [-0.3, -0.25) is 0 Å². The van der Waals surface area contributed by atoms with Crippen molar-refractivity contribution in [3.05, 3.63) is 65.0 Å². The lowest BCUT2D eigenvalue weighted by molar-refractivity contribution is 0.625. The van der Waals surface area contributed by atoms with Crippen LogP contribution in [0.5, 0.6) is 0 Å². The summed E-state index contributed by atoms with van der Waals surface area (Å²) >= 11 is 0. The van der Waals surface area contributed by atoms with E-state index in [4.69, 9.17) is 5.73 Å². The zero-order valence-corrected chi connectivity index (χ0v) is 14.5. The van der Waals surface area contributed by atoms with E-state index in [0.29, 0.717) is 12.5 Å². The van der Waals surface area contributed by atoms with Gasteiger partial charge in [0, 0.05) is 5.69 Å². The van der Waals surface area contributed by atoms with Gasteiger partial charge >= 0.3 is 0 Å². The largest absolute Gasteiger partial charge is 0.370 e. The summed E-state index contributed by atoms with van der Waals surface area (Å²) in [5.74, 6) is 0.0880. The first kappa shape index (κ1) is 16.7. The molecule has 3 nitrogen and oxygen atoms in total. The summed E-state index contributed by atoms with van der Waals surface area (Å²) in [5, 5.41) is 3.09. The number of aryl methyl sites for hydroxylation is 2. The minimum Gasteiger partial charge on any atom is -0.370 e. The van der Waals surface area contributed by atoms with Crippen molar-refractivity contribution in [1.29, 1.82) is 0 Å². The van der Waals surface area contributed by atoms with Crippen LogP contribution in [0.25, 0.3) is 0 Å². The number of guanidine groups is 1. The van der Waals surface area contributed by atoms with Crippen LogP contribution in [0.15, 0.2) is 47.5 Å². The molecule has 0 bridgehead atoms. The molecule has 0 amide bonds. The topological polar surface area (TPSA) is 50.4 Å². The zero-order valence-electron chi connectivity index (χ0n) is 12.2. The fraction of sp³-hybridized carbons (Fsp3) is 0.235. The van der Waals surface area contributed by atoms with Gasteiger partial charge in [-0.05, 0) is 60.2 Å². The Morgan fingerprint density at radius 2 is 1.95 bits per heavy atom. The van der Waals surface area contributed by atoms with E-state index in [-0.39, 0.29) is 29.8 Å². The maximum atomic E-state index is 13.1. The second kappa shape index (κ2) is 7.58. The molecule has 1 aliphatic carbocycles. The minimum atomic E-state index is -0.257. The van der Waals surface area contributed by atoms with Gasteiger partial charge in [0.05, 0.1) is 6.54 Å². The van der Waals surface area contributed by atoms with E-state index in [9.17, 15) is 4.39 Å². The van der Waals surface area contributed by atoms with E-state index < -0.39 is 0 Å². The molecule has 2 aromatic carbocycles. The van der Waals surface area contributed by atoms with Crippen LogP contribution in [-0.2, 0) is 19.4 Å². The third-order valence-corrected chi connectivity index (χ3v) is 3.69. The van der Waals surface area contributed by atoms with E-state index in [1.54, 1.807) is 6.07 Å². The summed E-state index contributed by atoms with van der Waals surface area (Å²) in [7, 11) is 0. The average Bonchev–Trinajstić information content (AvgIpc) is 2.93. The molecule has 3 N–H and O–H groups in total. The van der Waals surface area contributed by atoms with Gasteiger partial charge in [0.15, 0.2) is 5.96 Å². The number of hydrogen-bond donors (Lipinski definition) is 2. The van der Waals surface area contributed by atoms with Crippen molar-refractivity contribution >= 4 is 35.6 Å². The summed E-state index contributed by atoms with van der Waals surface area (Å²) in [6.07, 6.45) is 3.52. The molecule has 0 fully saturated rings. The normalized spacial score (nSPS) is 13.4. The van der Waals surface area contributed by atoms with E-state index in [1.165, 1.54) is 36.1 Å². The van der Waals surface area contributed by atoms with Crippen molar-refractivity contribution < 1.29 is 4.39 Å². The molecule has 3 rings (SSSR count). The van der Waals surface area contributed by atoms with E-state index in [2.05, 4.69) is 22.4 Å². The van der Waals surface area contributed by atoms with Gasteiger partial charge in [-0.2, -0.15) is 0 Å². The van der Waals surface area contributed by atoms with Crippen LogP contribution in [0.1, 0.15) is 23.1 Å². The fourth-order valence-corrected chi connectivity index (χ4v) is 2.65. The summed E-state index contributed by atoms with van der Waals surface area (Å²) in [5.41, 5.74) is 10.5. The minimum absolute atomic E-state index is 0. The van der Waals surface area contributed by atoms with Gasteiger partial charge in [-0.15, -0.1) is 24.0 Å². The Labute approximate surface area is 146 Å². The number of aliphatic imine (C=N–C) groups is 1. The Kier molecular flexibility index (Phi) is 5.76. The first-order valence-corrected chi connectivity index (χ1v) is 7.14. The highest BCUT2D eigenvalue weighted by Gasteiger charge is 2.10. The van der Waals surface area contributed by atoms with Crippen LogP contribution >= 0.6 is 24.0 Å². The number of nitrogens with two attached hydrogens (primary N) is 1. The molecular formula is C17H19FIN3. The lowest BCUT2D eigenvalue weighted by atomic mass is 10.1. The van der Waals surface area contributed by atoms with Crippen molar-refractivity contribution in [3.8, 4) is 0 Å². The highest BCUT2D eigenvalue weighted by atomic mass is 127. The number of hydrogen-bond acceptors (Lipinski definition) is 1. The second-order valence-corrected chi connectivity index (χ2v) is 5.29. The van der Waals surface area contributed by atoms with Crippen LogP contribution < -0.4 is 11.1 Å². The standard InChI is InChI=1S/C17H18FN3.HI/c18-15-6-1-3-12(9-15)11-20-17(19)21-16-8-7-13-4-2-5-14(13)10-16;/h1,3,6-10H,2,4-5,11H2,(H3,19,20,21);1H. The molecule has 0 atom stereocenters. The summed E-state index contributed by atoms with van der Waals surface area (Å²) in [6, 6.07) is 12.7. The maximum Gasteiger partial charge on any atom is 0.193 e. The van der Waals surface area contributed by atoms with Crippen LogP contribution in [0.3, 0.4) is 0 Å². The molecule has 22 heavy (non-hydrogen) atoms. The Bertz CT molecular complexity index is 685. The number of benzene rings is 2. The van der Waals surface area contributed by atoms with Gasteiger partial charge in [-0.1, -0.05) is 18.2 Å². The molecular weight excluding hydrogens is 392 g/mol. The van der Waals surface area contributed by atoms with Crippen molar-refractivity contribution in [2.75, 3.05) is 5.32 Å². The molecule has 0 heterocycles. The molecule has 0 aromatic heterocycles. The monoisotopic (exact) mass is 411 g/mol. The smallest absolute Gasteiger partial charge is 0.193 e. The Morgan fingerprint density at radius 3 is 2.77 bits per heavy atom. The van der Waals surface area contributed by atoms with Crippen molar-refractivity contribution in [1.82, 2.24) is 0 Å². The molecule has 0 radical (unpaired) electrons. The van der Waals surface area contributed by atoms with Crippen LogP contribution in [0.4, 0.5) is 10.1 Å². The highest BCUT2D eigenvalue weighted by molar-refractivity contribution is 14.0. The van der Waals surface area contributed by atoms with Crippen LogP contribution in [-0.4, -0.2) is 5.96 Å². The van der Waals surface area contributed by atoms with Crippen LogP contribution in [0.2, 0.25) is 0 Å². The maximum absolute atomic E-state index is 13.1.